The first-order valence-electron chi connectivity index (χ1n) is 10.7. The number of rotatable bonds is 7. The van der Waals surface area contributed by atoms with Gasteiger partial charge in [0.05, 0.1) is 6.04 Å². The Morgan fingerprint density at radius 1 is 1.04 bits per heavy atom. The Morgan fingerprint density at radius 3 is 2.50 bits per heavy atom. The fourth-order valence-corrected chi connectivity index (χ4v) is 4.37. The molecule has 1 unspecified atom stereocenters. The zero-order valence-electron chi connectivity index (χ0n) is 16.8. The van der Waals surface area contributed by atoms with Gasteiger partial charge < -0.3 is 19.8 Å². The zero-order valence-corrected chi connectivity index (χ0v) is 16.8. The normalized spacial score (nSPS) is 21.6. The van der Waals surface area contributed by atoms with E-state index < -0.39 is 6.09 Å². The molecule has 1 atom stereocenters. The van der Waals surface area contributed by atoms with Gasteiger partial charge in [-0.2, -0.15) is 0 Å². The highest BCUT2D eigenvalue weighted by Gasteiger charge is 2.31. The topological polar surface area (TPSA) is 64.1 Å². The summed E-state index contributed by atoms with van der Waals surface area (Å²) in [4.78, 5) is 30.2. The maximum absolute atomic E-state index is 12.6. The number of carboxylic acid groups (broad SMARTS) is 1. The average Bonchev–Trinajstić information content (AvgIpc) is 2.87. The minimum Gasteiger partial charge on any atom is -0.465 e. The van der Waals surface area contributed by atoms with Gasteiger partial charge in [-0.05, 0) is 57.3 Å². The Labute approximate surface area is 168 Å². The van der Waals surface area contributed by atoms with Gasteiger partial charge in [0.25, 0.3) is 0 Å². The molecule has 2 aliphatic rings. The SMILES string of the molecule is O=C1CCN(C(=O)O)C(CCc2ccccc2)CN1CCCN1CCCCC1. The maximum Gasteiger partial charge on any atom is 0.407 e. The van der Waals surface area contributed by atoms with Gasteiger partial charge >= 0.3 is 6.09 Å². The van der Waals surface area contributed by atoms with E-state index in [2.05, 4.69) is 17.0 Å². The summed E-state index contributed by atoms with van der Waals surface area (Å²) >= 11 is 0. The highest BCUT2D eigenvalue weighted by atomic mass is 16.4. The molecule has 1 aromatic carbocycles. The zero-order chi connectivity index (χ0) is 19.8. The molecule has 2 fully saturated rings. The van der Waals surface area contributed by atoms with Crippen LogP contribution in [0.15, 0.2) is 30.3 Å². The third-order valence-corrected chi connectivity index (χ3v) is 6.00. The number of likely N-dealkylation sites (tertiary alicyclic amines) is 1. The molecule has 2 aliphatic heterocycles. The van der Waals surface area contributed by atoms with Crippen LogP contribution in [-0.4, -0.2) is 77.1 Å². The van der Waals surface area contributed by atoms with Crippen LogP contribution in [0.3, 0.4) is 0 Å². The van der Waals surface area contributed by atoms with Crippen molar-refractivity contribution >= 4 is 12.0 Å². The molecule has 3 rings (SSSR count). The molecule has 2 saturated heterocycles. The second-order valence-electron chi connectivity index (χ2n) is 8.00. The molecule has 0 aliphatic carbocycles. The molecule has 154 valence electrons. The molecule has 28 heavy (non-hydrogen) atoms. The van der Waals surface area contributed by atoms with E-state index in [4.69, 9.17) is 0 Å². The lowest BCUT2D eigenvalue weighted by Crippen LogP contribution is -2.45. The fourth-order valence-electron chi connectivity index (χ4n) is 4.37. The number of nitrogens with zero attached hydrogens (tertiary/aromatic N) is 3. The lowest BCUT2D eigenvalue weighted by atomic mass is 10.0. The van der Waals surface area contributed by atoms with E-state index in [0.29, 0.717) is 13.1 Å². The first-order chi connectivity index (χ1) is 13.6. The van der Waals surface area contributed by atoms with E-state index in [9.17, 15) is 14.7 Å². The number of carbonyl (C=O) groups is 2. The van der Waals surface area contributed by atoms with Gasteiger partial charge in [0.2, 0.25) is 5.91 Å². The quantitative estimate of drug-likeness (QED) is 0.781. The van der Waals surface area contributed by atoms with Gasteiger partial charge in [-0.3, -0.25) is 4.79 Å². The molecule has 2 amide bonds. The van der Waals surface area contributed by atoms with Gasteiger partial charge in [-0.25, -0.2) is 4.79 Å². The van der Waals surface area contributed by atoms with Crippen LogP contribution in [0.5, 0.6) is 0 Å². The Morgan fingerprint density at radius 2 is 1.79 bits per heavy atom. The summed E-state index contributed by atoms with van der Waals surface area (Å²) in [6.45, 7) is 4.90. The van der Waals surface area contributed by atoms with Crippen LogP contribution in [0.1, 0.15) is 44.1 Å². The van der Waals surface area contributed by atoms with Gasteiger partial charge in [0.1, 0.15) is 0 Å². The number of hydrogen-bond donors (Lipinski definition) is 1. The van der Waals surface area contributed by atoms with E-state index in [1.165, 1.54) is 42.8 Å². The summed E-state index contributed by atoms with van der Waals surface area (Å²) in [7, 11) is 0. The van der Waals surface area contributed by atoms with Crippen LogP contribution in [0.25, 0.3) is 0 Å². The van der Waals surface area contributed by atoms with Crippen molar-refractivity contribution in [1.82, 2.24) is 14.7 Å². The summed E-state index contributed by atoms with van der Waals surface area (Å²) in [5.74, 6) is 0.0899. The van der Waals surface area contributed by atoms with Crippen molar-refractivity contribution in [2.45, 2.75) is 51.0 Å². The molecule has 0 saturated carbocycles. The molecular formula is C22H33N3O3. The molecule has 1 aromatic rings. The highest BCUT2D eigenvalue weighted by Crippen LogP contribution is 2.18. The Kier molecular flexibility index (Phi) is 7.71. The third kappa shape index (κ3) is 5.96. The molecule has 6 nitrogen and oxygen atoms in total. The largest absolute Gasteiger partial charge is 0.465 e. The average molecular weight is 388 g/mol. The van der Waals surface area contributed by atoms with Gasteiger partial charge in [0, 0.05) is 26.1 Å². The first-order valence-corrected chi connectivity index (χ1v) is 10.7. The summed E-state index contributed by atoms with van der Waals surface area (Å²) in [5.41, 5.74) is 1.21. The van der Waals surface area contributed by atoms with Crippen molar-refractivity contribution < 1.29 is 14.7 Å². The van der Waals surface area contributed by atoms with Crippen molar-refractivity contribution in [3.8, 4) is 0 Å². The lowest BCUT2D eigenvalue weighted by Gasteiger charge is -2.31. The Balaban J connectivity index is 1.56. The lowest BCUT2D eigenvalue weighted by molar-refractivity contribution is -0.130. The molecule has 1 N–H and O–H groups in total. The number of amides is 2. The fraction of sp³-hybridized carbons (Fsp3) is 0.636. The van der Waals surface area contributed by atoms with Crippen molar-refractivity contribution in [3.05, 3.63) is 35.9 Å². The number of carbonyl (C=O) groups excluding carboxylic acids is 1. The maximum atomic E-state index is 12.6. The molecule has 0 aromatic heterocycles. The van der Waals surface area contributed by atoms with Crippen molar-refractivity contribution in [2.24, 2.45) is 0 Å². The molecule has 2 heterocycles. The van der Waals surface area contributed by atoms with Gasteiger partial charge in [-0.1, -0.05) is 36.8 Å². The number of hydrogen-bond acceptors (Lipinski definition) is 3. The molecular weight excluding hydrogens is 354 g/mol. The highest BCUT2D eigenvalue weighted by molar-refractivity contribution is 5.78. The Hall–Kier alpha value is -2.08. The third-order valence-electron chi connectivity index (χ3n) is 6.00. The minimum absolute atomic E-state index is 0.0899. The van der Waals surface area contributed by atoms with Crippen LogP contribution >= 0.6 is 0 Å². The summed E-state index contributed by atoms with van der Waals surface area (Å²) in [6.07, 6.45) is 5.78. The number of piperidine rings is 1. The van der Waals surface area contributed by atoms with Crippen LogP contribution in [0, 0.1) is 0 Å². The predicted molar refractivity (Wildman–Crippen MR) is 109 cm³/mol. The van der Waals surface area contributed by atoms with E-state index in [1.54, 1.807) is 0 Å². The molecule has 0 bridgehead atoms. The second-order valence-corrected chi connectivity index (χ2v) is 8.00. The number of benzene rings is 1. The van der Waals surface area contributed by atoms with E-state index in [1.807, 2.05) is 23.1 Å². The van der Waals surface area contributed by atoms with E-state index in [-0.39, 0.29) is 18.4 Å². The number of aryl methyl sites for hydroxylation is 1. The van der Waals surface area contributed by atoms with Crippen molar-refractivity contribution in [1.29, 1.82) is 0 Å². The standard InChI is InChI=1S/C22H33N3O3/c26-21-12-17-25(22(27)28)20(11-10-19-8-3-1-4-9-19)18-24(21)16-7-15-23-13-5-2-6-14-23/h1,3-4,8-9,20H,2,5-7,10-18H2,(H,27,28). The van der Waals surface area contributed by atoms with E-state index >= 15 is 0 Å². The summed E-state index contributed by atoms with van der Waals surface area (Å²) < 4.78 is 0. The molecule has 0 radical (unpaired) electrons. The first kappa shape index (κ1) is 20.6. The van der Waals surface area contributed by atoms with E-state index in [0.717, 1.165) is 32.4 Å². The van der Waals surface area contributed by atoms with Crippen LogP contribution in [-0.2, 0) is 11.2 Å². The van der Waals surface area contributed by atoms with Gasteiger partial charge in [0.15, 0.2) is 0 Å². The smallest absolute Gasteiger partial charge is 0.407 e. The second kappa shape index (κ2) is 10.5. The monoisotopic (exact) mass is 387 g/mol. The van der Waals surface area contributed by atoms with Crippen molar-refractivity contribution in [3.63, 3.8) is 0 Å². The van der Waals surface area contributed by atoms with Crippen LogP contribution in [0.2, 0.25) is 0 Å². The van der Waals surface area contributed by atoms with Gasteiger partial charge in [-0.15, -0.1) is 0 Å². The summed E-state index contributed by atoms with van der Waals surface area (Å²) in [6, 6.07) is 10.0. The molecule has 0 spiro atoms. The summed E-state index contributed by atoms with van der Waals surface area (Å²) in [5, 5.41) is 9.64. The van der Waals surface area contributed by atoms with Crippen molar-refractivity contribution in [2.75, 3.05) is 39.3 Å². The minimum atomic E-state index is -0.916. The predicted octanol–water partition coefficient (Wildman–Crippen LogP) is 3.08. The molecule has 6 heteroatoms. The van der Waals surface area contributed by atoms with Crippen LogP contribution in [0.4, 0.5) is 4.79 Å². The Bertz CT molecular complexity index is 631. The van der Waals surface area contributed by atoms with Crippen LogP contribution < -0.4 is 0 Å².